The number of carbonyl (C=O) groups is 1. The van der Waals surface area contributed by atoms with Crippen molar-refractivity contribution in [1.82, 2.24) is 34.1 Å². The number of nitrogens with one attached hydrogen (secondary N) is 1. The molecule has 0 radical (unpaired) electrons. The summed E-state index contributed by atoms with van der Waals surface area (Å²) in [6.07, 6.45) is 0. The zero-order chi connectivity index (χ0) is 21.5. The minimum Gasteiger partial charge on any atom is -0.360 e. The normalized spacial score (nSPS) is 15.8. The Morgan fingerprint density at radius 2 is 2.00 bits per heavy atom. The maximum Gasteiger partial charge on any atom is 0.272 e. The molecular weight excluding hydrogens is 420 g/mol. The van der Waals surface area contributed by atoms with Crippen LogP contribution in [-0.4, -0.2) is 72.8 Å². The van der Waals surface area contributed by atoms with Gasteiger partial charge >= 0.3 is 0 Å². The molecule has 5 heterocycles. The summed E-state index contributed by atoms with van der Waals surface area (Å²) < 4.78 is 9.18. The van der Waals surface area contributed by atoms with Gasteiger partial charge in [-0.1, -0.05) is 5.16 Å². The molecule has 162 valence electrons. The van der Waals surface area contributed by atoms with Crippen LogP contribution in [-0.2, 0) is 18.4 Å². The molecule has 1 saturated heterocycles. The van der Waals surface area contributed by atoms with Crippen molar-refractivity contribution in [2.24, 2.45) is 7.05 Å². The predicted octanol–water partition coefficient (Wildman–Crippen LogP) is 0.695. The van der Waals surface area contributed by atoms with Crippen LogP contribution in [0.2, 0.25) is 0 Å². The maximum absolute atomic E-state index is 12.5. The molecular formula is C19H22N8O3S. The highest BCUT2D eigenvalue weighted by Crippen LogP contribution is 2.20. The third-order valence-electron chi connectivity index (χ3n) is 5.49. The highest BCUT2D eigenvalue weighted by atomic mass is 32.1. The third kappa shape index (κ3) is 3.73. The number of anilines is 1. The van der Waals surface area contributed by atoms with Gasteiger partial charge in [-0.25, -0.2) is 0 Å². The summed E-state index contributed by atoms with van der Waals surface area (Å²) in [4.78, 5) is 29.1. The zero-order valence-corrected chi connectivity index (χ0v) is 18.1. The molecule has 0 bridgehead atoms. The van der Waals surface area contributed by atoms with Crippen LogP contribution in [0.15, 0.2) is 26.8 Å². The van der Waals surface area contributed by atoms with Crippen molar-refractivity contribution >= 4 is 39.1 Å². The first kappa shape index (κ1) is 19.8. The van der Waals surface area contributed by atoms with Crippen molar-refractivity contribution < 1.29 is 9.32 Å². The van der Waals surface area contributed by atoms with Gasteiger partial charge < -0.3 is 9.84 Å². The van der Waals surface area contributed by atoms with E-state index in [2.05, 4.69) is 30.5 Å². The summed E-state index contributed by atoms with van der Waals surface area (Å²) in [6.45, 7) is 5.88. The van der Waals surface area contributed by atoms with Crippen LogP contribution in [0.5, 0.6) is 0 Å². The molecule has 5 rings (SSSR count). The van der Waals surface area contributed by atoms with E-state index in [-0.39, 0.29) is 11.5 Å². The lowest BCUT2D eigenvalue weighted by molar-refractivity contribution is -0.117. The molecule has 4 aromatic rings. The van der Waals surface area contributed by atoms with Crippen molar-refractivity contribution in [2.75, 3.05) is 38.0 Å². The zero-order valence-electron chi connectivity index (χ0n) is 17.2. The number of hydrogen-bond acceptors (Lipinski definition) is 9. The predicted molar refractivity (Wildman–Crippen MR) is 115 cm³/mol. The summed E-state index contributed by atoms with van der Waals surface area (Å²) in [6, 6.07) is 3.63. The van der Waals surface area contributed by atoms with Gasteiger partial charge in [0.15, 0.2) is 11.6 Å². The molecule has 0 unspecified atom stereocenters. The van der Waals surface area contributed by atoms with Crippen molar-refractivity contribution in [3.05, 3.63) is 39.5 Å². The average molecular weight is 443 g/mol. The standard InChI is InChI=1S/C19H22N8O3S/c1-12-9-14(23-30-12)20-16(28)11-26-6-4-25(5-7-26)10-15-21-22-19-24(2)18(29)17-13(27(15)19)3-8-31-17/h3,8-9H,4-7,10-11H2,1-2H3,(H,20,23,28). The SMILES string of the molecule is Cc1cc(NC(=O)CN2CCN(Cc3nnc4n(C)c(=O)c5sccc5n34)CC2)no1. The fourth-order valence-corrected chi connectivity index (χ4v) is 4.72. The molecule has 1 N–H and O–H groups in total. The molecule has 0 atom stereocenters. The van der Waals surface area contributed by atoms with Crippen molar-refractivity contribution in [1.29, 1.82) is 0 Å². The smallest absolute Gasteiger partial charge is 0.272 e. The number of hydrogen-bond donors (Lipinski definition) is 1. The van der Waals surface area contributed by atoms with E-state index >= 15 is 0 Å². The van der Waals surface area contributed by atoms with E-state index in [1.54, 1.807) is 24.6 Å². The number of piperazine rings is 1. The Hall–Kier alpha value is -3.09. The largest absolute Gasteiger partial charge is 0.360 e. The van der Waals surface area contributed by atoms with Gasteiger partial charge in [-0.05, 0) is 18.4 Å². The van der Waals surface area contributed by atoms with Gasteiger partial charge in [-0.15, -0.1) is 21.5 Å². The first-order valence-electron chi connectivity index (χ1n) is 9.97. The monoisotopic (exact) mass is 442 g/mol. The molecule has 31 heavy (non-hydrogen) atoms. The van der Waals surface area contributed by atoms with Crippen molar-refractivity contribution in [3.63, 3.8) is 0 Å². The van der Waals surface area contributed by atoms with Crippen LogP contribution in [0.25, 0.3) is 16.0 Å². The van der Waals surface area contributed by atoms with Gasteiger partial charge in [0.05, 0.1) is 18.6 Å². The van der Waals surface area contributed by atoms with E-state index in [0.717, 1.165) is 37.5 Å². The van der Waals surface area contributed by atoms with E-state index in [1.165, 1.54) is 11.3 Å². The molecule has 12 heteroatoms. The van der Waals surface area contributed by atoms with E-state index in [0.29, 0.717) is 35.1 Å². The number of rotatable bonds is 5. The molecule has 1 amide bonds. The number of amides is 1. The number of aryl methyl sites for hydroxylation is 2. The van der Waals surface area contributed by atoms with Crippen LogP contribution in [0.1, 0.15) is 11.6 Å². The fraction of sp³-hybridized carbons (Fsp3) is 0.421. The molecule has 1 aliphatic rings. The Morgan fingerprint density at radius 3 is 2.74 bits per heavy atom. The van der Waals surface area contributed by atoms with E-state index in [9.17, 15) is 9.59 Å². The number of aromatic nitrogens is 5. The van der Waals surface area contributed by atoms with Gasteiger partial charge in [0.25, 0.3) is 5.56 Å². The van der Waals surface area contributed by atoms with Crippen LogP contribution < -0.4 is 10.9 Å². The molecule has 0 aromatic carbocycles. The molecule has 0 spiro atoms. The molecule has 4 aromatic heterocycles. The third-order valence-corrected chi connectivity index (χ3v) is 6.38. The first-order valence-corrected chi connectivity index (χ1v) is 10.9. The number of thiophene rings is 1. The Labute approximate surface area is 180 Å². The maximum atomic E-state index is 12.5. The number of fused-ring (bicyclic) bond motifs is 3. The lowest BCUT2D eigenvalue weighted by atomic mass is 10.3. The van der Waals surface area contributed by atoms with E-state index in [1.807, 2.05) is 15.8 Å². The van der Waals surface area contributed by atoms with Crippen LogP contribution in [0, 0.1) is 6.92 Å². The highest BCUT2D eigenvalue weighted by Gasteiger charge is 2.22. The topological polar surface area (TPSA) is 114 Å². The molecule has 11 nitrogen and oxygen atoms in total. The number of carbonyl (C=O) groups excluding carboxylic acids is 1. The summed E-state index contributed by atoms with van der Waals surface area (Å²) in [7, 11) is 1.72. The first-order chi connectivity index (χ1) is 15.0. The van der Waals surface area contributed by atoms with Crippen molar-refractivity contribution in [3.8, 4) is 0 Å². The second-order valence-electron chi connectivity index (χ2n) is 7.67. The fourth-order valence-electron chi connectivity index (χ4n) is 3.87. The summed E-state index contributed by atoms with van der Waals surface area (Å²) in [5, 5.41) is 17.1. The highest BCUT2D eigenvalue weighted by molar-refractivity contribution is 7.17. The molecule has 0 aliphatic carbocycles. The minimum atomic E-state index is -0.106. The van der Waals surface area contributed by atoms with Crippen molar-refractivity contribution in [2.45, 2.75) is 13.5 Å². The quantitative estimate of drug-likeness (QED) is 0.480. The van der Waals surface area contributed by atoms with Crippen LogP contribution in [0.3, 0.4) is 0 Å². The lowest BCUT2D eigenvalue weighted by Gasteiger charge is -2.33. The molecule has 0 saturated carbocycles. The van der Waals surface area contributed by atoms with Gasteiger partial charge in [0.1, 0.15) is 10.5 Å². The second-order valence-corrected chi connectivity index (χ2v) is 8.59. The average Bonchev–Trinajstić information content (AvgIpc) is 3.47. The summed E-state index contributed by atoms with van der Waals surface area (Å²) in [5.41, 5.74) is 0.797. The second kappa shape index (κ2) is 7.87. The summed E-state index contributed by atoms with van der Waals surface area (Å²) >= 11 is 1.43. The van der Waals surface area contributed by atoms with E-state index in [4.69, 9.17) is 4.52 Å². The molecule has 1 fully saturated rings. The van der Waals surface area contributed by atoms with E-state index < -0.39 is 0 Å². The van der Waals surface area contributed by atoms with Crippen LogP contribution in [0.4, 0.5) is 5.82 Å². The van der Waals surface area contributed by atoms with Gasteiger partial charge in [0.2, 0.25) is 11.7 Å². The molecule has 1 aliphatic heterocycles. The number of nitrogens with zero attached hydrogens (tertiary/aromatic N) is 7. The van der Waals surface area contributed by atoms with Crippen LogP contribution >= 0.6 is 11.3 Å². The summed E-state index contributed by atoms with van der Waals surface area (Å²) in [5.74, 6) is 2.34. The Balaban J connectivity index is 1.23. The minimum absolute atomic E-state index is 0.0517. The Bertz CT molecular complexity index is 1310. The Kier molecular flexibility index (Phi) is 5.04. The van der Waals surface area contributed by atoms with Gasteiger partial charge in [0, 0.05) is 39.3 Å². The Morgan fingerprint density at radius 1 is 1.23 bits per heavy atom. The van der Waals surface area contributed by atoms with Gasteiger partial charge in [-0.2, -0.15) is 0 Å². The lowest BCUT2D eigenvalue weighted by Crippen LogP contribution is -2.48. The van der Waals surface area contributed by atoms with Gasteiger partial charge in [-0.3, -0.25) is 28.4 Å².